The summed E-state index contributed by atoms with van der Waals surface area (Å²) in [6, 6.07) is 7.62. The number of hydrogen-bond donors (Lipinski definition) is 2. The van der Waals surface area contributed by atoms with Gasteiger partial charge in [-0.3, -0.25) is 10.1 Å². The maximum Gasteiger partial charge on any atom is 0.329 e. The molecule has 3 N–H and O–H groups in total. The highest BCUT2D eigenvalue weighted by molar-refractivity contribution is 5.68. The zero-order chi connectivity index (χ0) is 14.5. The molecule has 1 aromatic heterocycles. The molecule has 1 aromatic carbocycles. The summed E-state index contributed by atoms with van der Waals surface area (Å²) in [4.78, 5) is 18.0. The number of aryl methyl sites for hydroxylation is 1. The molecule has 0 bridgehead atoms. The van der Waals surface area contributed by atoms with Gasteiger partial charge in [0.15, 0.2) is 0 Å². The first-order valence-electron chi connectivity index (χ1n) is 6.23. The van der Waals surface area contributed by atoms with E-state index in [1.165, 1.54) is 0 Å². The Labute approximate surface area is 116 Å². The average Bonchev–Trinajstić information content (AvgIpc) is 2.41. The molecule has 0 fully saturated rings. The highest BCUT2D eigenvalue weighted by Crippen LogP contribution is 2.27. The normalized spacial score (nSPS) is 10.2. The van der Waals surface area contributed by atoms with Gasteiger partial charge in [0.2, 0.25) is 11.8 Å². The van der Waals surface area contributed by atoms with E-state index < -0.39 is 4.92 Å². The second kappa shape index (κ2) is 5.96. The molecule has 0 atom stereocenters. The van der Waals surface area contributed by atoms with Crippen molar-refractivity contribution in [3.8, 4) is 0 Å². The fourth-order valence-electron chi connectivity index (χ4n) is 1.87. The summed E-state index contributed by atoms with van der Waals surface area (Å²) in [6.07, 6.45) is 2.96. The third-order valence-corrected chi connectivity index (χ3v) is 2.77. The van der Waals surface area contributed by atoms with E-state index in [0.717, 1.165) is 30.3 Å². The first-order valence-corrected chi connectivity index (χ1v) is 6.23. The Kier molecular flexibility index (Phi) is 4.09. The number of para-hydroxylation sites is 1. The summed E-state index contributed by atoms with van der Waals surface area (Å²) in [6.45, 7) is 2.07. The Bertz CT molecular complexity index is 630. The molecule has 0 radical (unpaired) electrons. The maximum atomic E-state index is 11.0. The van der Waals surface area contributed by atoms with Crippen LogP contribution in [0.5, 0.6) is 0 Å². The van der Waals surface area contributed by atoms with Crippen molar-refractivity contribution in [2.75, 3.05) is 11.1 Å². The van der Waals surface area contributed by atoms with Crippen LogP contribution in [0.3, 0.4) is 0 Å². The number of nitro groups is 1. The average molecular weight is 273 g/mol. The van der Waals surface area contributed by atoms with Crippen LogP contribution in [0.2, 0.25) is 0 Å². The fraction of sp³-hybridized carbons (Fsp3) is 0.231. The molecule has 2 aromatic rings. The van der Waals surface area contributed by atoms with Gasteiger partial charge in [-0.1, -0.05) is 31.5 Å². The Hall–Kier alpha value is -2.70. The number of nitrogen functional groups attached to an aromatic ring is 1. The van der Waals surface area contributed by atoms with Crippen molar-refractivity contribution in [3.05, 3.63) is 46.1 Å². The van der Waals surface area contributed by atoms with Gasteiger partial charge in [-0.2, -0.15) is 4.98 Å². The van der Waals surface area contributed by atoms with E-state index in [-0.39, 0.29) is 17.5 Å². The second-order valence-electron chi connectivity index (χ2n) is 4.25. The van der Waals surface area contributed by atoms with E-state index in [1.54, 1.807) is 0 Å². The SMILES string of the molecule is CCCc1ccccc1Nc1nc(N)ncc1[N+](=O)[O-]. The third-order valence-electron chi connectivity index (χ3n) is 2.77. The van der Waals surface area contributed by atoms with Crippen LogP contribution in [0.15, 0.2) is 30.5 Å². The summed E-state index contributed by atoms with van der Waals surface area (Å²) >= 11 is 0. The lowest BCUT2D eigenvalue weighted by molar-refractivity contribution is -0.384. The minimum atomic E-state index is -0.537. The smallest absolute Gasteiger partial charge is 0.329 e. The molecule has 0 aliphatic heterocycles. The Morgan fingerprint density at radius 1 is 1.40 bits per heavy atom. The van der Waals surface area contributed by atoms with Crippen LogP contribution in [0.1, 0.15) is 18.9 Å². The van der Waals surface area contributed by atoms with Gasteiger partial charge in [0.05, 0.1) is 4.92 Å². The van der Waals surface area contributed by atoms with Gasteiger partial charge in [-0.05, 0) is 18.1 Å². The molecule has 104 valence electrons. The van der Waals surface area contributed by atoms with Crippen molar-refractivity contribution < 1.29 is 4.92 Å². The molecular formula is C13H15N5O2. The molecule has 0 unspecified atom stereocenters. The first kappa shape index (κ1) is 13.7. The lowest BCUT2D eigenvalue weighted by Gasteiger charge is -2.11. The van der Waals surface area contributed by atoms with Gasteiger partial charge in [-0.25, -0.2) is 4.98 Å². The Balaban J connectivity index is 2.39. The number of aromatic nitrogens is 2. The van der Waals surface area contributed by atoms with Gasteiger partial charge in [-0.15, -0.1) is 0 Å². The summed E-state index contributed by atoms with van der Waals surface area (Å²) in [5.41, 5.74) is 7.15. The molecule has 2 rings (SSSR count). The lowest BCUT2D eigenvalue weighted by atomic mass is 10.1. The van der Waals surface area contributed by atoms with Gasteiger partial charge in [0.25, 0.3) is 0 Å². The Morgan fingerprint density at radius 3 is 2.85 bits per heavy atom. The van der Waals surface area contributed by atoms with Crippen molar-refractivity contribution in [3.63, 3.8) is 0 Å². The lowest BCUT2D eigenvalue weighted by Crippen LogP contribution is -2.05. The molecule has 0 amide bonds. The molecule has 1 heterocycles. The summed E-state index contributed by atoms with van der Waals surface area (Å²) in [5, 5.41) is 14.0. The minimum Gasteiger partial charge on any atom is -0.368 e. The van der Waals surface area contributed by atoms with Crippen molar-refractivity contribution >= 4 is 23.1 Å². The Morgan fingerprint density at radius 2 is 2.15 bits per heavy atom. The largest absolute Gasteiger partial charge is 0.368 e. The zero-order valence-corrected chi connectivity index (χ0v) is 11.0. The molecule has 7 nitrogen and oxygen atoms in total. The van der Waals surface area contributed by atoms with Gasteiger partial charge < -0.3 is 11.1 Å². The summed E-state index contributed by atoms with van der Waals surface area (Å²) < 4.78 is 0. The molecule has 20 heavy (non-hydrogen) atoms. The zero-order valence-electron chi connectivity index (χ0n) is 11.0. The number of rotatable bonds is 5. The van der Waals surface area contributed by atoms with Crippen LogP contribution in [0.4, 0.5) is 23.1 Å². The predicted molar refractivity (Wildman–Crippen MR) is 76.8 cm³/mol. The van der Waals surface area contributed by atoms with E-state index in [9.17, 15) is 10.1 Å². The van der Waals surface area contributed by atoms with E-state index in [4.69, 9.17) is 5.73 Å². The predicted octanol–water partition coefficient (Wildman–Crippen LogP) is 2.66. The number of hydrogen-bond acceptors (Lipinski definition) is 6. The van der Waals surface area contributed by atoms with Gasteiger partial charge in [0, 0.05) is 5.69 Å². The van der Waals surface area contributed by atoms with E-state index in [1.807, 2.05) is 24.3 Å². The highest BCUT2D eigenvalue weighted by atomic mass is 16.6. The van der Waals surface area contributed by atoms with E-state index >= 15 is 0 Å². The molecule has 0 aliphatic rings. The van der Waals surface area contributed by atoms with Crippen LogP contribution >= 0.6 is 0 Å². The standard InChI is InChI=1S/C13H15N5O2/c1-2-5-9-6-3-4-7-10(9)16-12-11(18(19)20)8-15-13(14)17-12/h3-4,6-8H,2,5H2,1H3,(H3,14,15,16,17). The highest BCUT2D eigenvalue weighted by Gasteiger charge is 2.17. The molecule has 0 aliphatic carbocycles. The molecule has 0 spiro atoms. The third kappa shape index (κ3) is 3.00. The van der Waals surface area contributed by atoms with Crippen molar-refractivity contribution in [2.45, 2.75) is 19.8 Å². The van der Waals surface area contributed by atoms with Crippen molar-refractivity contribution in [2.24, 2.45) is 0 Å². The van der Waals surface area contributed by atoms with Crippen LogP contribution in [-0.2, 0) is 6.42 Å². The molecule has 7 heteroatoms. The number of anilines is 3. The molecule has 0 saturated heterocycles. The van der Waals surface area contributed by atoms with Gasteiger partial charge in [0.1, 0.15) is 6.20 Å². The monoisotopic (exact) mass is 273 g/mol. The van der Waals surface area contributed by atoms with Crippen LogP contribution in [0.25, 0.3) is 0 Å². The topological polar surface area (TPSA) is 107 Å². The minimum absolute atomic E-state index is 0.00827. The summed E-state index contributed by atoms with van der Waals surface area (Å²) in [5.74, 6) is 0.0946. The first-order chi connectivity index (χ1) is 9.61. The van der Waals surface area contributed by atoms with E-state index in [0.29, 0.717) is 0 Å². The van der Waals surface area contributed by atoms with Crippen molar-refractivity contribution in [1.82, 2.24) is 9.97 Å². The molecule has 0 saturated carbocycles. The number of nitrogens with two attached hydrogens (primary N) is 1. The van der Waals surface area contributed by atoms with E-state index in [2.05, 4.69) is 22.2 Å². The summed E-state index contributed by atoms with van der Waals surface area (Å²) in [7, 11) is 0. The fourth-order valence-corrected chi connectivity index (χ4v) is 1.87. The van der Waals surface area contributed by atoms with Crippen LogP contribution < -0.4 is 11.1 Å². The van der Waals surface area contributed by atoms with Crippen LogP contribution in [-0.4, -0.2) is 14.9 Å². The number of nitrogens with zero attached hydrogens (tertiary/aromatic N) is 3. The molecular weight excluding hydrogens is 258 g/mol. The quantitative estimate of drug-likeness (QED) is 0.640. The maximum absolute atomic E-state index is 11.0. The second-order valence-corrected chi connectivity index (χ2v) is 4.25. The van der Waals surface area contributed by atoms with Gasteiger partial charge >= 0.3 is 5.69 Å². The van der Waals surface area contributed by atoms with Crippen LogP contribution in [0, 0.1) is 10.1 Å². The number of nitrogens with one attached hydrogen (secondary N) is 1. The number of benzene rings is 1. The van der Waals surface area contributed by atoms with Crippen molar-refractivity contribution in [1.29, 1.82) is 0 Å².